The number of carbonyl (C=O) groups is 1. The second-order valence-corrected chi connectivity index (χ2v) is 7.31. The molecule has 0 radical (unpaired) electrons. The number of anilines is 3. The Hall–Kier alpha value is -3.94. The van der Waals surface area contributed by atoms with E-state index in [1.54, 1.807) is 12.1 Å². The maximum Gasteiger partial charge on any atom is 0.257 e. The van der Waals surface area contributed by atoms with Crippen molar-refractivity contribution in [2.24, 2.45) is 0 Å². The third-order valence-corrected chi connectivity index (χ3v) is 5.22. The SMILES string of the molecule is Nc1ccc(C(=O)Nc2cccc(-c3nc(N4CCCC4)c4[nH]ccc4n3)c2)cn1. The molecule has 4 heterocycles. The molecule has 3 aromatic heterocycles. The third kappa shape index (κ3) is 3.43. The molecule has 0 bridgehead atoms. The zero-order valence-electron chi connectivity index (χ0n) is 16.3. The Balaban J connectivity index is 1.47. The van der Waals surface area contributed by atoms with E-state index in [0.29, 0.717) is 22.9 Å². The maximum absolute atomic E-state index is 12.5. The van der Waals surface area contributed by atoms with Gasteiger partial charge in [0, 0.05) is 36.7 Å². The molecule has 1 aliphatic rings. The number of carbonyl (C=O) groups excluding carboxylic acids is 1. The van der Waals surface area contributed by atoms with Crippen molar-refractivity contribution in [3.63, 3.8) is 0 Å². The quantitative estimate of drug-likeness (QED) is 0.484. The van der Waals surface area contributed by atoms with Crippen molar-refractivity contribution in [1.82, 2.24) is 19.9 Å². The average Bonchev–Trinajstić information content (AvgIpc) is 3.46. The van der Waals surface area contributed by atoms with Crippen molar-refractivity contribution in [2.45, 2.75) is 12.8 Å². The Kier molecular flexibility index (Phi) is 4.51. The summed E-state index contributed by atoms with van der Waals surface area (Å²) in [5.41, 5.74) is 9.37. The van der Waals surface area contributed by atoms with E-state index in [4.69, 9.17) is 15.7 Å². The van der Waals surface area contributed by atoms with E-state index in [0.717, 1.165) is 35.5 Å². The molecule has 0 unspecified atom stereocenters. The number of nitrogens with zero attached hydrogens (tertiary/aromatic N) is 4. The van der Waals surface area contributed by atoms with Crippen LogP contribution in [0.2, 0.25) is 0 Å². The highest BCUT2D eigenvalue weighted by molar-refractivity contribution is 6.04. The van der Waals surface area contributed by atoms with Crippen LogP contribution in [0.4, 0.5) is 17.3 Å². The van der Waals surface area contributed by atoms with E-state index in [9.17, 15) is 4.79 Å². The average molecular weight is 399 g/mol. The van der Waals surface area contributed by atoms with Gasteiger partial charge in [0.05, 0.1) is 11.1 Å². The minimum atomic E-state index is -0.251. The molecule has 0 atom stereocenters. The normalized spacial score (nSPS) is 13.7. The van der Waals surface area contributed by atoms with Crippen LogP contribution in [-0.4, -0.2) is 38.9 Å². The lowest BCUT2D eigenvalue weighted by atomic mass is 10.1. The summed E-state index contributed by atoms with van der Waals surface area (Å²) in [6.45, 7) is 1.99. The fourth-order valence-electron chi connectivity index (χ4n) is 3.69. The van der Waals surface area contributed by atoms with Crippen molar-refractivity contribution < 1.29 is 4.79 Å². The molecule has 1 saturated heterocycles. The number of aromatic nitrogens is 4. The Labute approximate surface area is 173 Å². The first-order valence-corrected chi connectivity index (χ1v) is 9.91. The Morgan fingerprint density at radius 3 is 2.77 bits per heavy atom. The number of pyridine rings is 1. The minimum Gasteiger partial charge on any atom is -0.384 e. The van der Waals surface area contributed by atoms with E-state index in [-0.39, 0.29) is 5.91 Å². The summed E-state index contributed by atoms with van der Waals surface area (Å²) in [7, 11) is 0. The number of benzene rings is 1. The van der Waals surface area contributed by atoms with Crippen molar-refractivity contribution in [2.75, 3.05) is 29.0 Å². The number of amides is 1. The molecule has 5 rings (SSSR count). The molecule has 1 aromatic carbocycles. The number of H-pyrrole nitrogens is 1. The van der Waals surface area contributed by atoms with Gasteiger partial charge in [0.1, 0.15) is 11.3 Å². The molecule has 1 amide bonds. The van der Waals surface area contributed by atoms with Crippen molar-refractivity contribution in [3.8, 4) is 11.4 Å². The number of nitrogen functional groups attached to an aromatic ring is 1. The van der Waals surface area contributed by atoms with Gasteiger partial charge in [0.2, 0.25) is 0 Å². The van der Waals surface area contributed by atoms with Gasteiger partial charge in [-0.3, -0.25) is 4.79 Å². The summed E-state index contributed by atoms with van der Waals surface area (Å²) in [4.78, 5) is 31.6. The maximum atomic E-state index is 12.5. The molecule has 4 aromatic rings. The summed E-state index contributed by atoms with van der Waals surface area (Å²) in [5, 5.41) is 2.90. The molecule has 8 heteroatoms. The molecule has 4 N–H and O–H groups in total. The van der Waals surface area contributed by atoms with Crippen LogP contribution in [0.25, 0.3) is 22.4 Å². The Morgan fingerprint density at radius 2 is 1.97 bits per heavy atom. The third-order valence-electron chi connectivity index (χ3n) is 5.22. The molecular formula is C22H21N7O. The highest BCUT2D eigenvalue weighted by Gasteiger charge is 2.19. The predicted molar refractivity (Wildman–Crippen MR) is 117 cm³/mol. The van der Waals surface area contributed by atoms with E-state index < -0.39 is 0 Å². The number of aromatic amines is 1. The van der Waals surface area contributed by atoms with Crippen LogP contribution in [0.3, 0.4) is 0 Å². The molecule has 30 heavy (non-hydrogen) atoms. The lowest BCUT2D eigenvalue weighted by Crippen LogP contribution is -2.20. The van der Waals surface area contributed by atoms with Crippen LogP contribution in [0, 0.1) is 0 Å². The Morgan fingerprint density at radius 1 is 1.10 bits per heavy atom. The number of nitrogens with two attached hydrogens (primary N) is 1. The number of fused-ring (bicyclic) bond motifs is 1. The van der Waals surface area contributed by atoms with Gasteiger partial charge >= 0.3 is 0 Å². The van der Waals surface area contributed by atoms with Gasteiger partial charge in [-0.25, -0.2) is 15.0 Å². The first-order chi connectivity index (χ1) is 14.7. The first-order valence-electron chi connectivity index (χ1n) is 9.91. The highest BCUT2D eigenvalue weighted by atomic mass is 16.1. The molecule has 1 fully saturated rings. The number of rotatable bonds is 4. The molecule has 8 nitrogen and oxygen atoms in total. The van der Waals surface area contributed by atoms with Crippen LogP contribution in [0.5, 0.6) is 0 Å². The largest absolute Gasteiger partial charge is 0.384 e. The zero-order chi connectivity index (χ0) is 20.5. The fraction of sp³-hybridized carbons (Fsp3) is 0.182. The summed E-state index contributed by atoms with van der Waals surface area (Å²) < 4.78 is 0. The zero-order valence-corrected chi connectivity index (χ0v) is 16.3. The number of nitrogens with one attached hydrogen (secondary N) is 2. The summed E-state index contributed by atoms with van der Waals surface area (Å²) in [5.74, 6) is 1.69. The lowest BCUT2D eigenvalue weighted by Gasteiger charge is -2.18. The van der Waals surface area contributed by atoms with Gasteiger partial charge in [0.15, 0.2) is 11.6 Å². The van der Waals surface area contributed by atoms with Crippen molar-refractivity contribution in [1.29, 1.82) is 0 Å². The van der Waals surface area contributed by atoms with Crippen LogP contribution < -0.4 is 16.0 Å². The second-order valence-electron chi connectivity index (χ2n) is 7.31. The molecule has 150 valence electrons. The van der Waals surface area contributed by atoms with Crippen LogP contribution >= 0.6 is 0 Å². The van der Waals surface area contributed by atoms with Crippen LogP contribution in [0.1, 0.15) is 23.2 Å². The van der Waals surface area contributed by atoms with E-state index in [2.05, 4.69) is 20.2 Å². The van der Waals surface area contributed by atoms with Gasteiger partial charge in [0.25, 0.3) is 5.91 Å². The Bertz CT molecular complexity index is 1210. The van der Waals surface area contributed by atoms with Gasteiger partial charge < -0.3 is 20.9 Å². The molecule has 0 spiro atoms. The van der Waals surface area contributed by atoms with E-state index in [1.165, 1.54) is 19.0 Å². The molecule has 0 aliphatic carbocycles. The van der Waals surface area contributed by atoms with Crippen molar-refractivity contribution >= 4 is 34.3 Å². The topological polar surface area (TPSA) is 113 Å². The summed E-state index contributed by atoms with van der Waals surface area (Å²) in [6.07, 6.45) is 5.69. The van der Waals surface area contributed by atoms with Crippen molar-refractivity contribution in [3.05, 3.63) is 60.4 Å². The minimum absolute atomic E-state index is 0.251. The number of hydrogen-bond acceptors (Lipinski definition) is 6. The van der Waals surface area contributed by atoms with E-state index in [1.807, 2.05) is 36.5 Å². The first kappa shape index (κ1) is 18.1. The monoisotopic (exact) mass is 399 g/mol. The van der Waals surface area contributed by atoms with Crippen LogP contribution in [0.15, 0.2) is 54.9 Å². The predicted octanol–water partition coefficient (Wildman–Crippen LogP) is 3.45. The summed E-state index contributed by atoms with van der Waals surface area (Å²) >= 11 is 0. The van der Waals surface area contributed by atoms with Crippen LogP contribution in [-0.2, 0) is 0 Å². The highest BCUT2D eigenvalue weighted by Crippen LogP contribution is 2.29. The second kappa shape index (κ2) is 7.47. The van der Waals surface area contributed by atoms with E-state index >= 15 is 0 Å². The smallest absolute Gasteiger partial charge is 0.257 e. The molecule has 1 aliphatic heterocycles. The van der Waals surface area contributed by atoms with Gasteiger partial charge in [-0.05, 0) is 43.2 Å². The fourth-order valence-corrected chi connectivity index (χ4v) is 3.69. The lowest BCUT2D eigenvalue weighted by molar-refractivity contribution is 0.102. The molecule has 0 saturated carbocycles. The van der Waals surface area contributed by atoms with Gasteiger partial charge in [-0.1, -0.05) is 12.1 Å². The molecular weight excluding hydrogens is 378 g/mol. The standard InChI is InChI=1S/C22H21N7O/c23-18-7-6-15(13-25-18)22(30)26-16-5-3-4-14(12-16)20-27-17-8-9-24-19(17)21(28-20)29-10-1-2-11-29/h3-9,12-13,24H,1-2,10-11H2,(H2,23,25)(H,26,30). The number of hydrogen-bond donors (Lipinski definition) is 3. The summed E-state index contributed by atoms with van der Waals surface area (Å²) in [6, 6.07) is 12.7. The van der Waals surface area contributed by atoms with Gasteiger partial charge in [-0.2, -0.15) is 0 Å². The van der Waals surface area contributed by atoms with Gasteiger partial charge in [-0.15, -0.1) is 0 Å².